The van der Waals surface area contributed by atoms with Crippen molar-refractivity contribution in [3.63, 3.8) is 0 Å². The van der Waals surface area contributed by atoms with Gasteiger partial charge in [0, 0.05) is 13.8 Å². The van der Waals surface area contributed by atoms with Gasteiger partial charge in [-0.25, -0.2) is 0 Å². The Balaban J connectivity index is 4.98. The van der Waals surface area contributed by atoms with Crippen LogP contribution in [0.3, 0.4) is 0 Å². The molecule has 0 aliphatic carbocycles. The topological polar surface area (TPSA) is 133 Å². The monoisotopic (exact) mass is 263 g/mol. The van der Waals surface area contributed by atoms with Gasteiger partial charge < -0.3 is 30.2 Å². The molecule has 0 bridgehead atoms. The van der Waals surface area contributed by atoms with Crippen LogP contribution in [0.5, 0.6) is 0 Å². The molecule has 0 rings (SSSR count). The minimum absolute atomic E-state index is 0.266. The highest BCUT2D eigenvalue weighted by atomic mass is 16.6. The predicted molar refractivity (Wildman–Crippen MR) is 58.3 cm³/mol. The lowest BCUT2D eigenvalue weighted by Gasteiger charge is -2.29. The third-order valence-electron chi connectivity index (χ3n) is 2.09. The number of esters is 1. The van der Waals surface area contributed by atoms with Crippen LogP contribution >= 0.6 is 0 Å². The molecule has 0 saturated heterocycles. The summed E-state index contributed by atoms with van der Waals surface area (Å²) in [5, 5.41) is 29.8. The van der Waals surface area contributed by atoms with Crippen molar-refractivity contribution in [3.8, 4) is 0 Å². The molecule has 0 heterocycles. The standard InChI is InChI=1S/C10H17NO7/c1-5(14)11-7(3-12)10(18-6(2)15)9(17)8(16)4-13/h3,7-10,13,16-17H,4H2,1-2H3,(H,11,14)/t7-,8+,9+,10+/m0/s1. The Bertz CT molecular complexity index is 307. The van der Waals surface area contributed by atoms with E-state index in [2.05, 4.69) is 10.1 Å². The minimum Gasteiger partial charge on any atom is -0.457 e. The van der Waals surface area contributed by atoms with E-state index in [0.29, 0.717) is 0 Å². The van der Waals surface area contributed by atoms with Crippen molar-refractivity contribution in [3.05, 3.63) is 0 Å². The van der Waals surface area contributed by atoms with E-state index in [1.165, 1.54) is 0 Å². The zero-order chi connectivity index (χ0) is 14.3. The van der Waals surface area contributed by atoms with Gasteiger partial charge in [0.25, 0.3) is 0 Å². The average Bonchev–Trinajstić information content (AvgIpc) is 2.30. The van der Waals surface area contributed by atoms with E-state index < -0.39 is 42.8 Å². The van der Waals surface area contributed by atoms with Crippen molar-refractivity contribution in [1.82, 2.24) is 5.32 Å². The highest BCUT2D eigenvalue weighted by Crippen LogP contribution is 2.09. The first-order valence-electron chi connectivity index (χ1n) is 5.20. The van der Waals surface area contributed by atoms with Crippen LogP contribution in [0.15, 0.2) is 0 Å². The maximum absolute atomic E-state index is 10.9. The fraction of sp³-hybridized carbons (Fsp3) is 0.700. The molecule has 0 spiro atoms. The highest BCUT2D eigenvalue weighted by Gasteiger charge is 2.35. The van der Waals surface area contributed by atoms with E-state index in [4.69, 9.17) is 5.11 Å². The van der Waals surface area contributed by atoms with Crippen molar-refractivity contribution in [2.45, 2.75) is 38.2 Å². The van der Waals surface area contributed by atoms with Crippen molar-refractivity contribution in [1.29, 1.82) is 0 Å². The van der Waals surface area contributed by atoms with Gasteiger partial charge in [-0.2, -0.15) is 0 Å². The number of aliphatic hydroxyl groups excluding tert-OH is 3. The number of amides is 1. The van der Waals surface area contributed by atoms with Gasteiger partial charge in [0.05, 0.1) is 6.61 Å². The summed E-state index contributed by atoms with van der Waals surface area (Å²) in [6, 6.07) is -1.32. The summed E-state index contributed by atoms with van der Waals surface area (Å²) in [5.74, 6) is -1.38. The summed E-state index contributed by atoms with van der Waals surface area (Å²) in [5.41, 5.74) is 0. The number of hydrogen-bond acceptors (Lipinski definition) is 7. The van der Waals surface area contributed by atoms with Crippen LogP contribution in [0.1, 0.15) is 13.8 Å². The van der Waals surface area contributed by atoms with Gasteiger partial charge in [-0.1, -0.05) is 0 Å². The van der Waals surface area contributed by atoms with Crippen LogP contribution in [0.25, 0.3) is 0 Å². The molecular formula is C10H17NO7. The minimum atomic E-state index is -1.71. The summed E-state index contributed by atoms with van der Waals surface area (Å²) in [6.07, 6.45) is -4.53. The normalized spacial score (nSPS) is 17.2. The molecule has 8 nitrogen and oxygen atoms in total. The number of aliphatic hydroxyl groups is 3. The van der Waals surface area contributed by atoms with E-state index in [-0.39, 0.29) is 6.29 Å². The second kappa shape index (κ2) is 7.75. The number of ether oxygens (including phenoxy) is 1. The lowest BCUT2D eigenvalue weighted by Crippen LogP contribution is -2.54. The first-order chi connectivity index (χ1) is 8.33. The molecular weight excluding hydrogens is 246 g/mol. The van der Waals surface area contributed by atoms with E-state index in [9.17, 15) is 24.6 Å². The molecule has 0 fully saturated rings. The Labute approximate surface area is 104 Å². The maximum Gasteiger partial charge on any atom is 0.303 e. The third-order valence-corrected chi connectivity index (χ3v) is 2.09. The smallest absolute Gasteiger partial charge is 0.303 e. The van der Waals surface area contributed by atoms with E-state index in [0.717, 1.165) is 13.8 Å². The molecule has 0 unspecified atom stereocenters. The second-order valence-electron chi connectivity index (χ2n) is 3.68. The third kappa shape index (κ3) is 5.21. The number of rotatable bonds is 7. The van der Waals surface area contributed by atoms with Gasteiger partial charge >= 0.3 is 5.97 Å². The molecule has 0 aliphatic rings. The van der Waals surface area contributed by atoms with Crippen molar-refractivity contribution in [2.75, 3.05) is 6.61 Å². The van der Waals surface area contributed by atoms with Crippen LogP contribution < -0.4 is 5.32 Å². The maximum atomic E-state index is 10.9. The van der Waals surface area contributed by atoms with Crippen molar-refractivity contribution >= 4 is 18.2 Å². The molecule has 0 saturated carbocycles. The van der Waals surface area contributed by atoms with Crippen LogP contribution in [0.4, 0.5) is 0 Å². The van der Waals surface area contributed by atoms with Crippen molar-refractivity contribution in [2.24, 2.45) is 0 Å². The van der Waals surface area contributed by atoms with Crippen molar-refractivity contribution < 1.29 is 34.4 Å². The molecule has 0 radical (unpaired) electrons. The molecule has 1 amide bonds. The first kappa shape index (κ1) is 16.5. The Hall–Kier alpha value is -1.51. The van der Waals surface area contributed by atoms with Gasteiger partial charge in [0.1, 0.15) is 24.5 Å². The molecule has 0 aliphatic heterocycles. The second-order valence-corrected chi connectivity index (χ2v) is 3.68. The molecule has 0 aromatic carbocycles. The number of hydrogen-bond donors (Lipinski definition) is 4. The summed E-state index contributed by atoms with van der Waals surface area (Å²) in [7, 11) is 0. The fourth-order valence-electron chi connectivity index (χ4n) is 1.30. The predicted octanol–water partition coefficient (Wildman–Crippen LogP) is -2.66. The van der Waals surface area contributed by atoms with Gasteiger partial charge in [-0.15, -0.1) is 0 Å². The summed E-state index contributed by atoms with van der Waals surface area (Å²) < 4.78 is 4.68. The fourth-order valence-corrected chi connectivity index (χ4v) is 1.30. The van der Waals surface area contributed by atoms with Crippen LogP contribution in [0.2, 0.25) is 0 Å². The zero-order valence-corrected chi connectivity index (χ0v) is 10.1. The van der Waals surface area contributed by atoms with Gasteiger partial charge in [0.2, 0.25) is 5.91 Å². The molecule has 0 aromatic rings. The van der Waals surface area contributed by atoms with E-state index in [1.54, 1.807) is 0 Å². The Morgan fingerprint density at radius 2 is 1.89 bits per heavy atom. The molecule has 4 N–H and O–H groups in total. The molecule has 8 heteroatoms. The number of nitrogens with one attached hydrogen (secondary N) is 1. The molecule has 104 valence electrons. The number of carbonyl (C=O) groups excluding carboxylic acids is 3. The average molecular weight is 263 g/mol. The van der Waals surface area contributed by atoms with Crippen LogP contribution in [-0.2, 0) is 19.1 Å². The molecule has 18 heavy (non-hydrogen) atoms. The van der Waals surface area contributed by atoms with Crippen LogP contribution in [-0.4, -0.2) is 64.4 Å². The van der Waals surface area contributed by atoms with Gasteiger partial charge in [-0.3, -0.25) is 9.59 Å². The van der Waals surface area contributed by atoms with Gasteiger partial charge in [-0.05, 0) is 0 Å². The zero-order valence-electron chi connectivity index (χ0n) is 10.1. The summed E-state index contributed by atoms with van der Waals surface area (Å²) >= 11 is 0. The Kier molecular flexibility index (Phi) is 7.10. The quantitative estimate of drug-likeness (QED) is 0.291. The summed E-state index contributed by atoms with van der Waals surface area (Å²) in [6.45, 7) is 1.39. The molecule has 4 atom stereocenters. The van der Waals surface area contributed by atoms with Gasteiger partial charge in [0.15, 0.2) is 6.10 Å². The molecule has 0 aromatic heterocycles. The highest BCUT2D eigenvalue weighted by molar-refractivity contribution is 5.78. The summed E-state index contributed by atoms with van der Waals surface area (Å²) in [4.78, 5) is 32.5. The van der Waals surface area contributed by atoms with Crippen LogP contribution in [0, 0.1) is 0 Å². The van der Waals surface area contributed by atoms with E-state index >= 15 is 0 Å². The Morgan fingerprint density at radius 3 is 2.22 bits per heavy atom. The Morgan fingerprint density at radius 1 is 1.33 bits per heavy atom. The lowest BCUT2D eigenvalue weighted by molar-refractivity contribution is -0.163. The lowest BCUT2D eigenvalue weighted by atomic mass is 10.0. The largest absolute Gasteiger partial charge is 0.457 e. The van der Waals surface area contributed by atoms with E-state index in [1.807, 2.05) is 0 Å². The number of carbonyl (C=O) groups is 3. The first-order valence-corrected chi connectivity index (χ1v) is 5.20. The SMILES string of the molecule is CC(=O)N[C@@H](C=O)[C@@H](OC(C)=O)[C@H](O)[C@H](O)CO. The number of aldehydes is 1.